The molecule has 2 aliphatic rings. The average molecular weight is 461 g/mol. The van der Waals surface area contributed by atoms with E-state index in [1.807, 2.05) is 18.7 Å². The van der Waals surface area contributed by atoms with Gasteiger partial charge in [0.05, 0.1) is 25.4 Å². The van der Waals surface area contributed by atoms with Gasteiger partial charge in [-0.25, -0.2) is 0 Å². The van der Waals surface area contributed by atoms with Gasteiger partial charge in [0.1, 0.15) is 24.4 Å². The van der Waals surface area contributed by atoms with Crippen molar-refractivity contribution < 1.29 is 39.1 Å². The number of rotatable bonds is 12. The zero-order valence-corrected chi connectivity index (χ0v) is 19.4. The number of hydrogen-bond donors (Lipinski definition) is 4. The molecule has 2 saturated heterocycles. The second kappa shape index (κ2) is 13.4. The maximum Gasteiger partial charge on any atom is 0.222 e. The number of ether oxygens (including phenoxy) is 3. The van der Waals surface area contributed by atoms with E-state index in [9.17, 15) is 24.9 Å². The smallest absolute Gasteiger partial charge is 0.222 e. The molecule has 0 spiro atoms. The summed E-state index contributed by atoms with van der Waals surface area (Å²) in [6.45, 7) is 6.48. The summed E-state index contributed by atoms with van der Waals surface area (Å²) in [5.41, 5.74) is 0. The summed E-state index contributed by atoms with van der Waals surface area (Å²) in [5.74, 6) is -0.233. The Labute approximate surface area is 190 Å². The first-order valence-corrected chi connectivity index (χ1v) is 11.7. The fourth-order valence-electron chi connectivity index (χ4n) is 4.15. The highest BCUT2D eigenvalue weighted by atomic mass is 16.7. The van der Waals surface area contributed by atoms with Crippen LogP contribution in [0, 0.1) is 0 Å². The molecule has 6 atom stereocenters. The molecule has 0 radical (unpaired) electrons. The minimum Gasteiger partial charge on any atom is -0.394 e. The van der Waals surface area contributed by atoms with Crippen molar-refractivity contribution in [1.82, 2.24) is 10.2 Å². The first-order chi connectivity index (χ1) is 15.2. The molecule has 10 heteroatoms. The van der Waals surface area contributed by atoms with E-state index in [2.05, 4.69) is 5.32 Å². The van der Waals surface area contributed by atoms with Crippen LogP contribution < -0.4 is 5.32 Å². The van der Waals surface area contributed by atoms with Gasteiger partial charge in [0.25, 0.3) is 0 Å². The van der Waals surface area contributed by atoms with E-state index in [1.54, 1.807) is 0 Å². The second-order valence-electron chi connectivity index (χ2n) is 8.88. The highest BCUT2D eigenvalue weighted by Crippen LogP contribution is 2.23. The zero-order chi connectivity index (χ0) is 23.7. The third-order valence-corrected chi connectivity index (χ3v) is 5.89. The molecule has 0 aromatic heterocycles. The number of nitrogens with zero attached hydrogens (tertiary/aromatic N) is 1. The summed E-state index contributed by atoms with van der Waals surface area (Å²) in [6, 6.07) is -0.768. The van der Waals surface area contributed by atoms with Crippen LogP contribution in [0.2, 0.25) is 0 Å². The molecule has 0 saturated carbocycles. The lowest BCUT2D eigenvalue weighted by atomic mass is 9.97. The third-order valence-electron chi connectivity index (χ3n) is 5.89. The summed E-state index contributed by atoms with van der Waals surface area (Å²) in [7, 11) is 0. The van der Waals surface area contributed by atoms with Crippen LogP contribution in [-0.4, -0.2) is 101 Å². The van der Waals surface area contributed by atoms with Crippen LogP contribution in [0.1, 0.15) is 59.3 Å². The Morgan fingerprint density at radius 1 is 1.19 bits per heavy atom. The van der Waals surface area contributed by atoms with Gasteiger partial charge in [-0.05, 0) is 39.5 Å². The van der Waals surface area contributed by atoms with E-state index in [0.717, 1.165) is 32.2 Å². The number of aliphatic hydroxyl groups is 3. The average Bonchev–Trinajstić information content (AvgIpc) is 3.22. The summed E-state index contributed by atoms with van der Waals surface area (Å²) in [5, 5.41) is 32.2. The van der Waals surface area contributed by atoms with E-state index in [4.69, 9.17) is 14.2 Å². The van der Waals surface area contributed by atoms with Crippen molar-refractivity contribution in [1.29, 1.82) is 0 Å². The first-order valence-electron chi connectivity index (χ1n) is 11.7. The molecule has 0 bridgehead atoms. The number of unbranched alkanes of at least 4 members (excludes halogenated alkanes) is 2. The molecule has 0 aliphatic carbocycles. The van der Waals surface area contributed by atoms with Crippen LogP contribution in [0.3, 0.4) is 0 Å². The van der Waals surface area contributed by atoms with Gasteiger partial charge >= 0.3 is 0 Å². The van der Waals surface area contributed by atoms with Crippen molar-refractivity contribution >= 4 is 11.8 Å². The van der Waals surface area contributed by atoms with Gasteiger partial charge in [-0.2, -0.15) is 0 Å². The number of amides is 2. The summed E-state index contributed by atoms with van der Waals surface area (Å²) in [4.78, 5) is 25.9. The molecular formula is C22H40N2O8. The Kier molecular flexibility index (Phi) is 11.3. The van der Waals surface area contributed by atoms with Gasteiger partial charge in [0.2, 0.25) is 11.8 Å². The lowest BCUT2D eigenvalue weighted by Crippen LogP contribution is -2.64. The van der Waals surface area contributed by atoms with Crippen molar-refractivity contribution in [2.24, 2.45) is 0 Å². The topological polar surface area (TPSA) is 138 Å². The number of nitrogens with one attached hydrogen (secondary N) is 1. The Balaban J connectivity index is 1.70. The highest BCUT2D eigenvalue weighted by Gasteiger charge is 2.45. The molecule has 4 N–H and O–H groups in total. The van der Waals surface area contributed by atoms with Crippen molar-refractivity contribution in [2.45, 2.75) is 102 Å². The quantitative estimate of drug-likeness (QED) is 0.297. The molecule has 10 nitrogen and oxygen atoms in total. The Bertz CT molecular complexity index is 590. The maximum atomic E-state index is 12.6. The molecule has 32 heavy (non-hydrogen) atoms. The van der Waals surface area contributed by atoms with E-state index in [0.29, 0.717) is 26.1 Å². The summed E-state index contributed by atoms with van der Waals surface area (Å²) in [6.07, 6.45) is 0.180. The normalized spacial score (nSPS) is 30.7. The molecular weight excluding hydrogens is 420 g/mol. The van der Waals surface area contributed by atoms with Crippen LogP contribution in [0.25, 0.3) is 0 Å². The fraction of sp³-hybridized carbons (Fsp3) is 0.909. The molecule has 2 heterocycles. The summed E-state index contributed by atoms with van der Waals surface area (Å²) >= 11 is 0. The number of carbonyl (C=O) groups is 2. The second-order valence-corrected chi connectivity index (χ2v) is 8.88. The van der Waals surface area contributed by atoms with Crippen LogP contribution in [-0.2, 0) is 23.8 Å². The predicted molar refractivity (Wildman–Crippen MR) is 116 cm³/mol. The Morgan fingerprint density at radius 2 is 1.94 bits per heavy atom. The number of aliphatic hydroxyl groups excluding tert-OH is 3. The van der Waals surface area contributed by atoms with Gasteiger partial charge < -0.3 is 39.7 Å². The minimum atomic E-state index is -1.33. The van der Waals surface area contributed by atoms with Crippen LogP contribution in [0.15, 0.2) is 0 Å². The molecule has 186 valence electrons. The Morgan fingerprint density at radius 3 is 2.59 bits per heavy atom. The molecule has 2 fully saturated rings. The third kappa shape index (κ3) is 7.93. The monoisotopic (exact) mass is 460 g/mol. The molecule has 2 rings (SSSR count). The van der Waals surface area contributed by atoms with E-state index >= 15 is 0 Å². The Hall–Kier alpha value is -1.30. The van der Waals surface area contributed by atoms with E-state index < -0.39 is 43.2 Å². The van der Waals surface area contributed by atoms with Crippen molar-refractivity contribution in [3.05, 3.63) is 0 Å². The molecule has 5 unspecified atom stereocenters. The molecule has 0 aromatic carbocycles. The van der Waals surface area contributed by atoms with Crippen LogP contribution >= 0.6 is 0 Å². The SMILES string of the molecule is CC(=O)NC1C(OCCCCCC(=O)N2CCC[C@H]2COC(C)C)OC(CO)C(O)C1O. The number of likely N-dealkylation sites (tertiary alicyclic amines) is 1. The van der Waals surface area contributed by atoms with Crippen molar-refractivity contribution in [3.63, 3.8) is 0 Å². The minimum absolute atomic E-state index is 0.156. The van der Waals surface area contributed by atoms with Crippen molar-refractivity contribution in [2.75, 3.05) is 26.4 Å². The van der Waals surface area contributed by atoms with Gasteiger partial charge in [-0.15, -0.1) is 0 Å². The standard InChI is InChI=1S/C22H40N2O8/c1-14(2)31-13-16-8-7-10-24(16)18(27)9-5-4-6-11-30-22-19(23-15(3)26)21(29)20(28)17(12-25)32-22/h14,16-17,19-22,25,28-29H,4-13H2,1-3H3,(H,23,26)/t16-,17?,19?,20?,21?,22?/m0/s1. The van der Waals surface area contributed by atoms with Gasteiger partial charge in [0.15, 0.2) is 6.29 Å². The van der Waals surface area contributed by atoms with E-state index in [1.165, 1.54) is 6.92 Å². The van der Waals surface area contributed by atoms with E-state index in [-0.39, 0.29) is 18.1 Å². The maximum absolute atomic E-state index is 12.6. The zero-order valence-electron chi connectivity index (χ0n) is 19.4. The van der Waals surface area contributed by atoms with Crippen LogP contribution in [0.5, 0.6) is 0 Å². The first kappa shape index (κ1) is 26.9. The summed E-state index contributed by atoms with van der Waals surface area (Å²) < 4.78 is 16.9. The van der Waals surface area contributed by atoms with Gasteiger partial charge in [-0.1, -0.05) is 6.42 Å². The van der Waals surface area contributed by atoms with Crippen molar-refractivity contribution in [3.8, 4) is 0 Å². The van der Waals surface area contributed by atoms with Crippen LogP contribution in [0.4, 0.5) is 0 Å². The number of carbonyl (C=O) groups excluding carboxylic acids is 2. The highest BCUT2D eigenvalue weighted by molar-refractivity contribution is 5.76. The lowest BCUT2D eigenvalue weighted by Gasteiger charge is -2.42. The molecule has 0 aromatic rings. The van der Waals surface area contributed by atoms with Gasteiger partial charge in [0, 0.05) is 26.5 Å². The predicted octanol–water partition coefficient (Wildman–Crippen LogP) is -0.0769. The number of hydrogen-bond acceptors (Lipinski definition) is 8. The largest absolute Gasteiger partial charge is 0.394 e. The molecule has 2 aliphatic heterocycles. The van der Waals surface area contributed by atoms with Gasteiger partial charge in [-0.3, -0.25) is 9.59 Å². The fourth-order valence-corrected chi connectivity index (χ4v) is 4.15. The molecule has 2 amide bonds. The lowest BCUT2D eigenvalue weighted by molar-refractivity contribution is -0.270.